The van der Waals surface area contributed by atoms with Gasteiger partial charge in [-0.2, -0.15) is 0 Å². The largest absolute Gasteiger partial charge is 0.396 e. The molecule has 0 spiro atoms. The van der Waals surface area contributed by atoms with Crippen LogP contribution in [0.2, 0.25) is 0 Å². The van der Waals surface area contributed by atoms with Crippen molar-refractivity contribution in [1.29, 1.82) is 0 Å². The highest BCUT2D eigenvalue weighted by molar-refractivity contribution is 4.94. The first kappa shape index (κ1) is 10.1. The van der Waals surface area contributed by atoms with E-state index in [1.807, 2.05) is 0 Å². The van der Waals surface area contributed by atoms with Crippen LogP contribution in [0.4, 0.5) is 0 Å². The molecule has 1 N–H and O–H groups in total. The normalized spacial score (nSPS) is 46.2. The van der Waals surface area contributed by atoms with E-state index in [-0.39, 0.29) is 6.29 Å². The molecule has 4 aliphatic rings. The predicted molar refractivity (Wildman–Crippen MR) is 55.2 cm³/mol. The molecule has 2 bridgehead atoms. The van der Waals surface area contributed by atoms with E-state index in [4.69, 9.17) is 9.47 Å². The van der Waals surface area contributed by atoms with Crippen LogP contribution in [-0.4, -0.2) is 31.2 Å². The van der Waals surface area contributed by atoms with Gasteiger partial charge in [0.05, 0.1) is 13.2 Å². The summed E-state index contributed by atoms with van der Waals surface area (Å²) in [6.07, 6.45) is 5.22. The molecule has 0 aromatic heterocycles. The summed E-state index contributed by atoms with van der Waals surface area (Å²) < 4.78 is 11.3. The maximum atomic E-state index is 9.53. The highest BCUT2D eigenvalue weighted by Crippen LogP contribution is 2.50. The molecule has 1 saturated heterocycles. The van der Waals surface area contributed by atoms with Gasteiger partial charge in [0, 0.05) is 12.5 Å². The Labute approximate surface area is 90.8 Å². The zero-order chi connectivity index (χ0) is 10.3. The lowest BCUT2D eigenvalue weighted by Gasteiger charge is -2.49. The molecule has 3 aliphatic carbocycles. The number of fused-ring (bicyclic) bond motifs is 3. The van der Waals surface area contributed by atoms with Gasteiger partial charge in [0.2, 0.25) is 0 Å². The summed E-state index contributed by atoms with van der Waals surface area (Å²) >= 11 is 0. The fourth-order valence-corrected chi connectivity index (χ4v) is 3.92. The third kappa shape index (κ3) is 1.61. The van der Waals surface area contributed by atoms with Crippen molar-refractivity contribution >= 4 is 0 Å². The van der Waals surface area contributed by atoms with Crippen LogP contribution in [0, 0.1) is 23.7 Å². The molecule has 0 aromatic carbocycles. The standard InChI is InChI=1S/C12H20O3/c13-7-10-8-1-3-9(4-2-8)11(10)12-14-5-6-15-12/h8-13H,1-7H2/t8?,9?,10-,11-/m0/s1. The van der Waals surface area contributed by atoms with E-state index in [0.717, 1.165) is 25.0 Å². The van der Waals surface area contributed by atoms with E-state index >= 15 is 0 Å². The Kier molecular flexibility index (Phi) is 2.71. The number of ether oxygens (including phenoxy) is 2. The van der Waals surface area contributed by atoms with Gasteiger partial charge in [0.1, 0.15) is 0 Å². The maximum Gasteiger partial charge on any atom is 0.161 e. The van der Waals surface area contributed by atoms with Crippen molar-refractivity contribution in [1.82, 2.24) is 0 Å². The zero-order valence-corrected chi connectivity index (χ0v) is 9.10. The molecule has 2 atom stereocenters. The minimum Gasteiger partial charge on any atom is -0.396 e. The second kappa shape index (κ2) is 4.04. The van der Waals surface area contributed by atoms with Crippen molar-refractivity contribution in [3.8, 4) is 0 Å². The van der Waals surface area contributed by atoms with Crippen molar-refractivity contribution in [2.75, 3.05) is 19.8 Å². The number of hydrogen-bond acceptors (Lipinski definition) is 3. The first-order valence-electron chi connectivity index (χ1n) is 6.24. The van der Waals surface area contributed by atoms with E-state index in [1.165, 1.54) is 25.7 Å². The quantitative estimate of drug-likeness (QED) is 0.752. The van der Waals surface area contributed by atoms with Crippen molar-refractivity contribution in [3.05, 3.63) is 0 Å². The topological polar surface area (TPSA) is 38.7 Å². The molecule has 4 fully saturated rings. The van der Waals surface area contributed by atoms with Gasteiger partial charge in [0.25, 0.3) is 0 Å². The third-order valence-corrected chi connectivity index (χ3v) is 4.63. The Morgan fingerprint density at radius 1 is 0.933 bits per heavy atom. The summed E-state index contributed by atoms with van der Waals surface area (Å²) in [4.78, 5) is 0. The Bertz CT molecular complexity index is 215. The average Bonchev–Trinajstić information content (AvgIpc) is 2.82. The summed E-state index contributed by atoms with van der Waals surface area (Å²) in [5, 5.41) is 9.53. The van der Waals surface area contributed by atoms with Crippen LogP contribution in [0.25, 0.3) is 0 Å². The molecule has 0 unspecified atom stereocenters. The van der Waals surface area contributed by atoms with Gasteiger partial charge in [-0.1, -0.05) is 0 Å². The molecule has 1 heterocycles. The number of aliphatic hydroxyl groups is 1. The molecule has 1 aliphatic heterocycles. The molecule has 4 rings (SSSR count). The fraction of sp³-hybridized carbons (Fsp3) is 1.00. The second-order valence-electron chi connectivity index (χ2n) is 5.21. The van der Waals surface area contributed by atoms with Crippen LogP contribution in [0.3, 0.4) is 0 Å². The Balaban J connectivity index is 1.78. The molecule has 3 saturated carbocycles. The second-order valence-corrected chi connectivity index (χ2v) is 5.21. The van der Waals surface area contributed by atoms with Crippen LogP contribution in [0.15, 0.2) is 0 Å². The van der Waals surface area contributed by atoms with Crippen molar-refractivity contribution in [2.24, 2.45) is 23.7 Å². The molecule has 86 valence electrons. The van der Waals surface area contributed by atoms with Crippen molar-refractivity contribution in [3.63, 3.8) is 0 Å². The van der Waals surface area contributed by atoms with Gasteiger partial charge < -0.3 is 14.6 Å². The third-order valence-electron chi connectivity index (χ3n) is 4.63. The van der Waals surface area contributed by atoms with E-state index in [9.17, 15) is 5.11 Å². The number of rotatable bonds is 2. The van der Waals surface area contributed by atoms with Crippen LogP contribution < -0.4 is 0 Å². The maximum absolute atomic E-state index is 9.53. The summed E-state index contributed by atoms with van der Waals surface area (Å²) in [7, 11) is 0. The first-order chi connectivity index (χ1) is 7.40. The highest BCUT2D eigenvalue weighted by Gasteiger charge is 2.48. The molecule has 0 radical (unpaired) electrons. The van der Waals surface area contributed by atoms with E-state index in [1.54, 1.807) is 0 Å². The first-order valence-corrected chi connectivity index (χ1v) is 6.24. The Morgan fingerprint density at radius 2 is 1.53 bits per heavy atom. The van der Waals surface area contributed by atoms with Crippen LogP contribution >= 0.6 is 0 Å². The monoisotopic (exact) mass is 212 g/mol. The van der Waals surface area contributed by atoms with Gasteiger partial charge in [-0.05, 0) is 43.4 Å². The fourth-order valence-electron chi connectivity index (χ4n) is 3.92. The molecular formula is C12H20O3. The Hall–Kier alpha value is -0.120. The van der Waals surface area contributed by atoms with Gasteiger partial charge in [-0.15, -0.1) is 0 Å². The Morgan fingerprint density at radius 3 is 2.13 bits per heavy atom. The van der Waals surface area contributed by atoms with Crippen LogP contribution in [-0.2, 0) is 9.47 Å². The van der Waals surface area contributed by atoms with E-state index in [0.29, 0.717) is 18.4 Å². The summed E-state index contributed by atoms with van der Waals surface area (Å²) in [5.74, 6) is 2.35. The van der Waals surface area contributed by atoms with Gasteiger partial charge in [-0.3, -0.25) is 0 Å². The summed E-state index contributed by atoms with van der Waals surface area (Å²) in [5.41, 5.74) is 0. The average molecular weight is 212 g/mol. The van der Waals surface area contributed by atoms with Crippen LogP contribution in [0.1, 0.15) is 25.7 Å². The summed E-state index contributed by atoms with van der Waals surface area (Å²) in [6, 6.07) is 0. The smallest absolute Gasteiger partial charge is 0.161 e. The van der Waals surface area contributed by atoms with E-state index in [2.05, 4.69) is 0 Å². The molecule has 15 heavy (non-hydrogen) atoms. The molecule has 0 amide bonds. The highest BCUT2D eigenvalue weighted by atomic mass is 16.7. The molecular weight excluding hydrogens is 192 g/mol. The number of hydrogen-bond donors (Lipinski definition) is 1. The molecule has 3 nitrogen and oxygen atoms in total. The van der Waals surface area contributed by atoms with Crippen molar-refractivity contribution in [2.45, 2.75) is 32.0 Å². The minimum atomic E-state index is -0.0183. The van der Waals surface area contributed by atoms with E-state index < -0.39 is 0 Å². The van der Waals surface area contributed by atoms with Gasteiger partial charge >= 0.3 is 0 Å². The lowest BCUT2D eigenvalue weighted by atomic mass is 9.58. The van der Waals surface area contributed by atoms with Crippen molar-refractivity contribution < 1.29 is 14.6 Å². The summed E-state index contributed by atoms with van der Waals surface area (Å²) in [6.45, 7) is 1.78. The number of aliphatic hydroxyl groups excluding tert-OH is 1. The predicted octanol–water partition coefficient (Wildman–Crippen LogP) is 1.40. The lowest BCUT2D eigenvalue weighted by molar-refractivity contribution is -0.160. The minimum absolute atomic E-state index is 0.0183. The zero-order valence-electron chi connectivity index (χ0n) is 9.10. The SMILES string of the molecule is OC[C@H]1C2CCC(CC2)[C@@H]1C1OCCO1. The van der Waals surface area contributed by atoms with Gasteiger partial charge in [0.15, 0.2) is 6.29 Å². The molecule has 0 aromatic rings. The molecule has 3 heteroatoms. The van der Waals surface area contributed by atoms with Gasteiger partial charge in [-0.25, -0.2) is 0 Å². The lowest BCUT2D eigenvalue weighted by Crippen LogP contribution is -2.47. The van der Waals surface area contributed by atoms with Crippen LogP contribution in [0.5, 0.6) is 0 Å².